The molecule has 2 aromatic heterocycles. The number of hydrogen-bond donors (Lipinski definition) is 0. The van der Waals surface area contributed by atoms with Crippen molar-refractivity contribution < 1.29 is 0 Å². The predicted molar refractivity (Wildman–Crippen MR) is 79.2 cm³/mol. The van der Waals surface area contributed by atoms with Gasteiger partial charge in [0.1, 0.15) is 5.82 Å². The van der Waals surface area contributed by atoms with Crippen molar-refractivity contribution in [2.45, 2.75) is 43.1 Å². The molecule has 0 fully saturated rings. The minimum absolute atomic E-state index is 0.981. The van der Waals surface area contributed by atoms with Crippen LogP contribution in [-0.2, 0) is 18.7 Å². The number of aryl methyl sites for hydroxylation is 1. The summed E-state index contributed by atoms with van der Waals surface area (Å²) in [5, 5.41) is 11.9. The molecule has 6 heteroatoms. The smallest absolute Gasteiger partial charge is 0.191 e. The molecule has 0 unspecified atom stereocenters. The first-order chi connectivity index (χ1) is 8.83. The number of thiophene rings is 1. The Morgan fingerprint density at radius 1 is 1.33 bits per heavy atom. The third-order valence-corrected chi connectivity index (χ3v) is 5.94. The Hall–Kier alpha value is -0.330. The van der Waals surface area contributed by atoms with Gasteiger partial charge < -0.3 is 4.57 Å². The second kappa shape index (κ2) is 5.75. The summed E-state index contributed by atoms with van der Waals surface area (Å²) in [5.74, 6) is 2.15. The monoisotopic (exact) mass is 343 g/mol. The Bertz CT molecular complexity index is 535. The summed E-state index contributed by atoms with van der Waals surface area (Å²) in [6.07, 6.45) is 4.90. The maximum atomic E-state index is 4.33. The Morgan fingerprint density at radius 3 is 3.11 bits per heavy atom. The molecule has 0 atom stereocenters. The van der Waals surface area contributed by atoms with Gasteiger partial charge in [-0.2, -0.15) is 0 Å². The van der Waals surface area contributed by atoms with E-state index in [0.717, 1.165) is 23.9 Å². The second-order valence-electron chi connectivity index (χ2n) is 4.38. The summed E-state index contributed by atoms with van der Waals surface area (Å²) in [4.78, 5) is 1.37. The van der Waals surface area contributed by atoms with Crippen LogP contribution in [0.5, 0.6) is 0 Å². The lowest BCUT2D eigenvalue weighted by Gasteiger charge is -2.05. The standard InChI is InChI=1S/C12H14BrN3S2/c13-9-6-10(17-7-9)8-18-12-15-14-11-4-2-1-3-5-16(11)12/h6-7H,1-5,8H2. The van der Waals surface area contributed by atoms with E-state index in [-0.39, 0.29) is 0 Å². The molecule has 0 N–H and O–H groups in total. The van der Waals surface area contributed by atoms with Gasteiger partial charge in [-0.1, -0.05) is 18.2 Å². The lowest BCUT2D eigenvalue weighted by atomic mass is 10.2. The lowest BCUT2D eigenvalue weighted by molar-refractivity contribution is 0.591. The van der Waals surface area contributed by atoms with Crippen molar-refractivity contribution in [1.82, 2.24) is 14.8 Å². The molecule has 3 heterocycles. The van der Waals surface area contributed by atoms with Gasteiger partial charge in [0.15, 0.2) is 5.16 Å². The molecule has 3 nitrogen and oxygen atoms in total. The van der Waals surface area contributed by atoms with E-state index in [9.17, 15) is 0 Å². The number of hydrogen-bond acceptors (Lipinski definition) is 4. The van der Waals surface area contributed by atoms with Crippen molar-refractivity contribution in [3.05, 3.63) is 26.6 Å². The van der Waals surface area contributed by atoms with Crippen LogP contribution in [0.15, 0.2) is 21.1 Å². The molecule has 18 heavy (non-hydrogen) atoms. The molecule has 96 valence electrons. The molecule has 1 aliphatic heterocycles. The molecule has 0 saturated carbocycles. The Balaban J connectivity index is 1.71. The molecule has 0 bridgehead atoms. The van der Waals surface area contributed by atoms with Crippen LogP contribution in [0, 0.1) is 0 Å². The van der Waals surface area contributed by atoms with Crippen LogP contribution in [0.4, 0.5) is 0 Å². The SMILES string of the molecule is Brc1csc(CSc2nnc3n2CCCCC3)c1. The van der Waals surface area contributed by atoms with Gasteiger partial charge in [-0.25, -0.2) is 0 Å². The van der Waals surface area contributed by atoms with E-state index in [1.165, 1.54) is 34.4 Å². The maximum Gasteiger partial charge on any atom is 0.191 e. The number of halogens is 1. The highest BCUT2D eigenvalue weighted by molar-refractivity contribution is 9.10. The Labute approximate surface area is 123 Å². The molecule has 0 spiro atoms. The summed E-state index contributed by atoms with van der Waals surface area (Å²) in [7, 11) is 0. The van der Waals surface area contributed by atoms with Crippen LogP contribution in [0.3, 0.4) is 0 Å². The highest BCUT2D eigenvalue weighted by atomic mass is 79.9. The summed E-state index contributed by atoms with van der Waals surface area (Å²) in [6, 6.07) is 2.18. The lowest BCUT2D eigenvalue weighted by Crippen LogP contribution is -2.02. The topological polar surface area (TPSA) is 30.7 Å². The molecule has 0 saturated heterocycles. The van der Waals surface area contributed by atoms with Gasteiger partial charge in [-0.15, -0.1) is 21.5 Å². The third kappa shape index (κ3) is 2.81. The van der Waals surface area contributed by atoms with E-state index in [4.69, 9.17) is 0 Å². The first-order valence-corrected chi connectivity index (χ1v) is 8.76. The molecule has 1 aliphatic rings. The highest BCUT2D eigenvalue weighted by Gasteiger charge is 2.15. The van der Waals surface area contributed by atoms with Crippen molar-refractivity contribution in [3.63, 3.8) is 0 Å². The average molecular weight is 344 g/mol. The average Bonchev–Trinajstić information content (AvgIpc) is 2.87. The normalized spacial score (nSPS) is 15.4. The van der Waals surface area contributed by atoms with Gasteiger partial charge in [0.2, 0.25) is 0 Å². The fraction of sp³-hybridized carbons (Fsp3) is 0.500. The zero-order valence-corrected chi connectivity index (χ0v) is 13.2. The Morgan fingerprint density at radius 2 is 2.28 bits per heavy atom. The van der Waals surface area contributed by atoms with Crippen LogP contribution in [-0.4, -0.2) is 14.8 Å². The van der Waals surface area contributed by atoms with Crippen LogP contribution in [0.1, 0.15) is 30.0 Å². The van der Waals surface area contributed by atoms with E-state index in [2.05, 4.69) is 42.1 Å². The fourth-order valence-electron chi connectivity index (χ4n) is 2.13. The Kier molecular flexibility index (Phi) is 4.06. The summed E-state index contributed by atoms with van der Waals surface area (Å²) >= 11 is 7.07. The number of nitrogens with zero attached hydrogens (tertiary/aromatic N) is 3. The third-order valence-electron chi connectivity index (χ3n) is 3.04. The number of rotatable bonds is 3. The molecular weight excluding hydrogens is 330 g/mol. The van der Waals surface area contributed by atoms with E-state index < -0.39 is 0 Å². The van der Waals surface area contributed by atoms with Crippen molar-refractivity contribution in [2.24, 2.45) is 0 Å². The molecular formula is C12H14BrN3S2. The van der Waals surface area contributed by atoms with Gasteiger partial charge in [-0.3, -0.25) is 0 Å². The van der Waals surface area contributed by atoms with Gasteiger partial charge in [0.25, 0.3) is 0 Å². The molecule has 2 aromatic rings. The predicted octanol–water partition coefficient (Wildman–Crippen LogP) is 4.12. The van der Waals surface area contributed by atoms with Crippen molar-refractivity contribution in [2.75, 3.05) is 0 Å². The van der Waals surface area contributed by atoms with Crippen LogP contribution in [0.25, 0.3) is 0 Å². The van der Waals surface area contributed by atoms with Crippen LogP contribution >= 0.6 is 39.0 Å². The van der Waals surface area contributed by atoms with Gasteiger partial charge >= 0.3 is 0 Å². The van der Waals surface area contributed by atoms with E-state index >= 15 is 0 Å². The number of fused-ring (bicyclic) bond motifs is 1. The minimum atomic E-state index is 0.981. The van der Waals surface area contributed by atoms with Crippen molar-refractivity contribution in [3.8, 4) is 0 Å². The fourth-order valence-corrected chi connectivity index (χ4v) is 4.62. The molecule has 0 aromatic carbocycles. The molecule has 0 aliphatic carbocycles. The maximum absolute atomic E-state index is 4.33. The van der Waals surface area contributed by atoms with Crippen LogP contribution in [0.2, 0.25) is 0 Å². The molecule has 0 amide bonds. The number of thioether (sulfide) groups is 1. The quantitative estimate of drug-likeness (QED) is 0.785. The first-order valence-electron chi connectivity index (χ1n) is 6.11. The van der Waals surface area contributed by atoms with Gasteiger partial charge in [0, 0.05) is 33.4 Å². The molecule has 3 rings (SSSR count). The second-order valence-corrected chi connectivity index (χ2v) is 7.23. The summed E-state index contributed by atoms with van der Waals surface area (Å²) in [6.45, 7) is 1.08. The van der Waals surface area contributed by atoms with Crippen molar-refractivity contribution in [1.29, 1.82) is 0 Å². The van der Waals surface area contributed by atoms with E-state index in [1.54, 1.807) is 23.1 Å². The minimum Gasteiger partial charge on any atom is -0.306 e. The summed E-state index contributed by atoms with van der Waals surface area (Å²) in [5.41, 5.74) is 0. The molecule has 0 radical (unpaired) electrons. The van der Waals surface area contributed by atoms with E-state index in [1.807, 2.05) is 0 Å². The highest BCUT2D eigenvalue weighted by Crippen LogP contribution is 2.28. The van der Waals surface area contributed by atoms with Crippen LogP contribution < -0.4 is 0 Å². The zero-order chi connectivity index (χ0) is 12.4. The van der Waals surface area contributed by atoms with E-state index in [0.29, 0.717) is 0 Å². The largest absolute Gasteiger partial charge is 0.306 e. The van der Waals surface area contributed by atoms with Gasteiger partial charge in [-0.05, 0) is 34.8 Å². The number of aromatic nitrogens is 3. The zero-order valence-electron chi connectivity index (χ0n) is 9.93. The van der Waals surface area contributed by atoms with Crippen molar-refractivity contribution >= 4 is 39.0 Å². The first kappa shape index (κ1) is 12.7. The van der Waals surface area contributed by atoms with Gasteiger partial charge in [0.05, 0.1) is 0 Å². The summed E-state index contributed by atoms with van der Waals surface area (Å²) < 4.78 is 3.48.